The van der Waals surface area contributed by atoms with Gasteiger partial charge in [0.2, 0.25) is 0 Å². The lowest BCUT2D eigenvalue weighted by molar-refractivity contribution is -0.118. The molecular weight excluding hydrogens is 456 g/mol. The third-order valence-electron chi connectivity index (χ3n) is 5.66. The normalized spacial score (nSPS) is 11.3. The molecule has 3 rings (SSSR count). The molecule has 2 amide bonds. The quantitative estimate of drug-likeness (QED) is 0.313. The summed E-state index contributed by atoms with van der Waals surface area (Å²) in [4.78, 5) is 25.5. The van der Waals surface area contributed by atoms with Gasteiger partial charge in [-0.05, 0) is 49.9 Å². The van der Waals surface area contributed by atoms with Crippen LogP contribution in [-0.4, -0.2) is 31.6 Å². The van der Waals surface area contributed by atoms with Crippen LogP contribution in [0.4, 0.5) is 11.4 Å². The van der Waals surface area contributed by atoms with Gasteiger partial charge in [-0.1, -0.05) is 50.2 Å². The molecule has 0 radical (unpaired) electrons. The van der Waals surface area contributed by atoms with Crippen LogP contribution in [-0.2, 0) is 4.79 Å². The smallest absolute Gasteiger partial charge is 0.262 e. The first-order valence-corrected chi connectivity index (χ1v) is 12.3. The summed E-state index contributed by atoms with van der Waals surface area (Å²) < 4.78 is 17.4. The van der Waals surface area contributed by atoms with Gasteiger partial charge in [0.1, 0.15) is 17.2 Å². The molecule has 0 saturated carbocycles. The summed E-state index contributed by atoms with van der Waals surface area (Å²) in [5.41, 5.74) is 2.47. The molecule has 7 heteroatoms. The van der Waals surface area contributed by atoms with Gasteiger partial charge in [0.15, 0.2) is 6.61 Å². The van der Waals surface area contributed by atoms with Crippen LogP contribution in [0.1, 0.15) is 56.0 Å². The Morgan fingerprint density at radius 1 is 0.750 bits per heavy atom. The van der Waals surface area contributed by atoms with Gasteiger partial charge in [0, 0.05) is 17.7 Å². The molecule has 3 aromatic carbocycles. The average Bonchev–Trinajstić information content (AvgIpc) is 2.90. The molecule has 0 aliphatic heterocycles. The van der Waals surface area contributed by atoms with Crippen molar-refractivity contribution < 1.29 is 23.8 Å². The van der Waals surface area contributed by atoms with Crippen LogP contribution >= 0.6 is 0 Å². The van der Waals surface area contributed by atoms with Crippen molar-refractivity contribution in [2.75, 3.05) is 30.5 Å². The number of hydrogen-bond donors (Lipinski definition) is 2. The van der Waals surface area contributed by atoms with E-state index in [1.54, 1.807) is 36.4 Å². The number of carbonyl (C=O) groups is 2. The number of para-hydroxylation sites is 1. The van der Waals surface area contributed by atoms with Gasteiger partial charge in [-0.2, -0.15) is 0 Å². The van der Waals surface area contributed by atoms with Gasteiger partial charge in [-0.25, -0.2) is 0 Å². The molecule has 0 spiro atoms. The van der Waals surface area contributed by atoms with Gasteiger partial charge < -0.3 is 24.8 Å². The fraction of sp³-hybridized carbons (Fsp3) is 0.310. The Morgan fingerprint density at radius 2 is 1.33 bits per heavy atom. The van der Waals surface area contributed by atoms with Crippen LogP contribution in [0.5, 0.6) is 17.2 Å². The molecule has 0 aliphatic carbocycles. The number of amides is 2. The maximum Gasteiger partial charge on any atom is 0.262 e. The molecule has 0 saturated heterocycles. The minimum Gasteiger partial charge on any atom is -0.492 e. The van der Waals surface area contributed by atoms with Gasteiger partial charge in [-0.3, -0.25) is 9.59 Å². The molecule has 1 atom stereocenters. The lowest BCUT2D eigenvalue weighted by atomic mass is 9.98. The van der Waals surface area contributed by atoms with Crippen LogP contribution < -0.4 is 24.8 Å². The van der Waals surface area contributed by atoms with E-state index >= 15 is 0 Å². The summed E-state index contributed by atoms with van der Waals surface area (Å²) >= 11 is 0. The van der Waals surface area contributed by atoms with E-state index in [2.05, 4.69) is 24.5 Å². The van der Waals surface area contributed by atoms with Crippen LogP contribution in [0.15, 0.2) is 66.7 Å². The van der Waals surface area contributed by atoms with E-state index in [-0.39, 0.29) is 18.4 Å². The molecule has 0 fully saturated rings. The number of carbonyl (C=O) groups excluding carboxylic acids is 2. The third-order valence-corrected chi connectivity index (χ3v) is 5.66. The van der Waals surface area contributed by atoms with Crippen molar-refractivity contribution in [3.63, 3.8) is 0 Å². The summed E-state index contributed by atoms with van der Waals surface area (Å²) in [5, 5.41) is 5.74. The molecule has 0 aromatic heterocycles. The largest absolute Gasteiger partial charge is 0.492 e. The molecule has 3 aromatic rings. The van der Waals surface area contributed by atoms with E-state index in [4.69, 9.17) is 14.2 Å². The van der Waals surface area contributed by atoms with Gasteiger partial charge in [-0.15, -0.1) is 0 Å². The standard InChI is InChI=1S/C29H34N2O5/c1-5-20(4)22-15-11-12-16-25(22)36-19-28(32)30-23-17-27(35-7-3)24(18-26(23)34-6-2)31-29(33)21-13-9-8-10-14-21/h8-18,20H,5-7,19H2,1-4H3,(H,30,32)(H,31,33). The Kier molecular flexibility index (Phi) is 9.74. The Labute approximate surface area is 212 Å². The maximum atomic E-state index is 12.8. The van der Waals surface area contributed by atoms with Crippen molar-refractivity contribution in [1.82, 2.24) is 0 Å². The number of rotatable bonds is 12. The van der Waals surface area contributed by atoms with E-state index in [9.17, 15) is 9.59 Å². The molecule has 36 heavy (non-hydrogen) atoms. The molecule has 2 N–H and O–H groups in total. The van der Waals surface area contributed by atoms with Crippen molar-refractivity contribution in [2.24, 2.45) is 0 Å². The van der Waals surface area contributed by atoms with Gasteiger partial charge >= 0.3 is 0 Å². The molecule has 0 bridgehead atoms. The molecule has 7 nitrogen and oxygen atoms in total. The first kappa shape index (κ1) is 26.6. The highest BCUT2D eigenvalue weighted by atomic mass is 16.5. The lowest BCUT2D eigenvalue weighted by Crippen LogP contribution is -2.21. The fourth-order valence-corrected chi connectivity index (χ4v) is 3.66. The van der Waals surface area contributed by atoms with Crippen molar-refractivity contribution >= 4 is 23.2 Å². The number of ether oxygens (including phenoxy) is 3. The zero-order chi connectivity index (χ0) is 25.9. The number of hydrogen-bond acceptors (Lipinski definition) is 5. The second-order valence-electron chi connectivity index (χ2n) is 8.21. The average molecular weight is 491 g/mol. The second kappa shape index (κ2) is 13.2. The summed E-state index contributed by atoms with van der Waals surface area (Å²) in [7, 11) is 0. The van der Waals surface area contributed by atoms with E-state index in [0.717, 1.165) is 12.0 Å². The van der Waals surface area contributed by atoms with Crippen LogP contribution in [0.25, 0.3) is 0 Å². The van der Waals surface area contributed by atoms with Gasteiger partial charge in [0.05, 0.1) is 24.6 Å². The van der Waals surface area contributed by atoms with Crippen molar-refractivity contribution in [1.29, 1.82) is 0 Å². The second-order valence-corrected chi connectivity index (χ2v) is 8.21. The van der Waals surface area contributed by atoms with Crippen molar-refractivity contribution in [3.05, 3.63) is 77.9 Å². The van der Waals surface area contributed by atoms with Crippen molar-refractivity contribution in [2.45, 2.75) is 40.0 Å². The molecule has 0 aliphatic rings. The third kappa shape index (κ3) is 7.01. The number of benzene rings is 3. The molecule has 1 unspecified atom stereocenters. The van der Waals surface area contributed by atoms with E-state index in [1.165, 1.54) is 0 Å². The number of nitrogens with one attached hydrogen (secondary N) is 2. The van der Waals surface area contributed by atoms with Crippen LogP contribution in [0.2, 0.25) is 0 Å². The van der Waals surface area contributed by atoms with Crippen molar-refractivity contribution in [3.8, 4) is 17.2 Å². The topological polar surface area (TPSA) is 85.9 Å². The summed E-state index contributed by atoms with van der Waals surface area (Å²) in [6.45, 7) is 8.54. The Hall–Kier alpha value is -4.00. The fourth-order valence-electron chi connectivity index (χ4n) is 3.66. The first-order valence-electron chi connectivity index (χ1n) is 12.3. The Morgan fingerprint density at radius 3 is 1.94 bits per heavy atom. The van der Waals surface area contributed by atoms with Crippen LogP contribution in [0, 0.1) is 0 Å². The lowest BCUT2D eigenvalue weighted by Gasteiger charge is -2.18. The minimum absolute atomic E-state index is 0.157. The maximum absolute atomic E-state index is 12.8. The van der Waals surface area contributed by atoms with E-state index < -0.39 is 0 Å². The van der Waals surface area contributed by atoms with E-state index in [0.29, 0.717) is 53.3 Å². The SMILES string of the molecule is CCOc1cc(NC(=O)c2ccccc2)c(OCC)cc1NC(=O)COc1ccccc1C(C)CC. The highest BCUT2D eigenvalue weighted by molar-refractivity contribution is 6.05. The predicted molar refractivity (Wildman–Crippen MR) is 142 cm³/mol. The summed E-state index contributed by atoms with van der Waals surface area (Å²) in [6, 6.07) is 20.0. The zero-order valence-corrected chi connectivity index (χ0v) is 21.3. The molecular formula is C29H34N2O5. The Balaban J connectivity index is 1.79. The number of anilines is 2. The first-order chi connectivity index (χ1) is 17.5. The van der Waals surface area contributed by atoms with E-state index in [1.807, 2.05) is 44.2 Å². The van der Waals surface area contributed by atoms with Gasteiger partial charge in [0.25, 0.3) is 11.8 Å². The molecule has 190 valence electrons. The minimum atomic E-state index is -0.335. The summed E-state index contributed by atoms with van der Waals surface area (Å²) in [5.74, 6) is 1.24. The monoisotopic (exact) mass is 490 g/mol. The van der Waals surface area contributed by atoms with Crippen LogP contribution in [0.3, 0.4) is 0 Å². The highest BCUT2D eigenvalue weighted by Crippen LogP contribution is 2.37. The molecule has 0 heterocycles. The Bertz CT molecular complexity index is 1160. The summed E-state index contributed by atoms with van der Waals surface area (Å²) in [6.07, 6.45) is 0.970. The highest BCUT2D eigenvalue weighted by Gasteiger charge is 2.18. The zero-order valence-electron chi connectivity index (χ0n) is 21.3. The predicted octanol–water partition coefficient (Wildman–Crippen LogP) is 6.27.